The van der Waals surface area contributed by atoms with Gasteiger partial charge in [-0.25, -0.2) is 10.2 Å². The van der Waals surface area contributed by atoms with Gasteiger partial charge in [-0.1, -0.05) is 6.07 Å². The quantitative estimate of drug-likeness (QED) is 0.299. The summed E-state index contributed by atoms with van der Waals surface area (Å²) in [6.07, 6.45) is 0. The molecule has 4 nitrogen and oxygen atoms in total. The number of nitrogens with two attached hydrogens (primary N) is 1. The molecule has 82 valence electrons. The molecule has 0 aliphatic heterocycles. The van der Waals surface area contributed by atoms with Crippen molar-refractivity contribution in [1.82, 2.24) is 5.43 Å². The van der Waals surface area contributed by atoms with Crippen LogP contribution in [0.3, 0.4) is 0 Å². The molecule has 0 fully saturated rings. The van der Waals surface area contributed by atoms with Crippen LogP contribution in [0, 0.1) is 12.7 Å². The van der Waals surface area contributed by atoms with Gasteiger partial charge in [0.25, 0.3) is 0 Å². The SMILES string of the molecule is CCN=C(NN)Nc1ccc(C)c(F)c1. The average Bonchev–Trinajstić information content (AvgIpc) is 2.23. The normalized spacial score (nSPS) is 11.3. The molecule has 0 saturated heterocycles. The maximum atomic E-state index is 13.2. The van der Waals surface area contributed by atoms with Crippen molar-refractivity contribution < 1.29 is 4.39 Å². The van der Waals surface area contributed by atoms with Crippen LogP contribution < -0.4 is 16.6 Å². The minimum Gasteiger partial charge on any atom is -0.325 e. The molecule has 0 atom stereocenters. The summed E-state index contributed by atoms with van der Waals surface area (Å²) in [6.45, 7) is 4.19. The topological polar surface area (TPSA) is 62.4 Å². The van der Waals surface area contributed by atoms with Crippen molar-refractivity contribution in [2.75, 3.05) is 11.9 Å². The van der Waals surface area contributed by atoms with E-state index in [9.17, 15) is 4.39 Å². The molecule has 1 aromatic rings. The Morgan fingerprint density at radius 2 is 2.27 bits per heavy atom. The molecule has 0 spiro atoms. The van der Waals surface area contributed by atoms with E-state index >= 15 is 0 Å². The van der Waals surface area contributed by atoms with Crippen molar-refractivity contribution >= 4 is 11.6 Å². The molecule has 0 heterocycles. The zero-order valence-corrected chi connectivity index (χ0v) is 8.84. The molecule has 0 saturated carbocycles. The Balaban J connectivity index is 2.80. The number of halogens is 1. The van der Waals surface area contributed by atoms with Crippen LogP contribution in [0.4, 0.5) is 10.1 Å². The Hall–Kier alpha value is -1.62. The Morgan fingerprint density at radius 1 is 1.53 bits per heavy atom. The van der Waals surface area contributed by atoms with E-state index in [0.717, 1.165) is 0 Å². The first kappa shape index (κ1) is 11.5. The first-order chi connectivity index (χ1) is 7.17. The Bertz CT molecular complexity index is 362. The fourth-order valence-corrected chi connectivity index (χ4v) is 1.09. The van der Waals surface area contributed by atoms with Crippen molar-refractivity contribution in [2.45, 2.75) is 13.8 Å². The molecule has 1 rings (SSSR count). The van der Waals surface area contributed by atoms with Gasteiger partial charge in [-0.2, -0.15) is 0 Å². The van der Waals surface area contributed by atoms with Crippen molar-refractivity contribution in [2.24, 2.45) is 10.8 Å². The van der Waals surface area contributed by atoms with Crippen molar-refractivity contribution in [1.29, 1.82) is 0 Å². The zero-order chi connectivity index (χ0) is 11.3. The Labute approximate surface area is 88.4 Å². The van der Waals surface area contributed by atoms with Crippen LogP contribution in [0.2, 0.25) is 0 Å². The summed E-state index contributed by atoms with van der Waals surface area (Å²) in [5.74, 6) is 5.40. The molecular weight excluding hydrogens is 195 g/mol. The number of aliphatic imine (C=N–C) groups is 1. The number of hydrazine groups is 1. The monoisotopic (exact) mass is 210 g/mol. The van der Waals surface area contributed by atoms with Crippen LogP contribution in [0.15, 0.2) is 23.2 Å². The molecule has 0 aromatic heterocycles. The molecule has 0 unspecified atom stereocenters. The minimum absolute atomic E-state index is 0.257. The first-order valence-electron chi connectivity index (χ1n) is 4.71. The number of benzene rings is 1. The highest BCUT2D eigenvalue weighted by atomic mass is 19.1. The number of aryl methyl sites for hydroxylation is 1. The third kappa shape index (κ3) is 3.21. The van der Waals surface area contributed by atoms with Gasteiger partial charge in [-0.3, -0.25) is 10.4 Å². The molecule has 0 amide bonds. The standard InChI is InChI=1S/C10H15FN4/c1-3-13-10(15-12)14-8-5-4-7(2)9(11)6-8/h4-6H,3,12H2,1-2H3,(H2,13,14,15). The summed E-state index contributed by atoms with van der Waals surface area (Å²) in [7, 11) is 0. The first-order valence-corrected chi connectivity index (χ1v) is 4.71. The van der Waals surface area contributed by atoms with Crippen LogP contribution in [0.1, 0.15) is 12.5 Å². The molecular formula is C10H15FN4. The summed E-state index contributed by atoms with van der Waals surface area (Å²) in [5.41, 5.74) is 3.62. The summed E-state index contributed by atoms with van der Waals surface area (Å²) >= 11 is 0. The summed E-state index contributed by atoms with van der Waals surface area (Å²) in [4.78, 5) is 4.04. The van der Waals surface area contributed by atoms with E-state index in [0.29, 0.717) is 23.8 Å². The highest BCUT2D eigenvalue weighted by Crippen LogP contribution is 2.13. The second-order valence-electron chi connectivity index (χ2n) is 3.06. The van der Waals surface area contributed by atoms with E-state index in [-0.39, 0.29) is 5.82 Å². The molecule has 4 N–H and O–H groups in total. The number of hydrogen-bond donors (Lipinski definition) is 3. The maximum absolute atomic E-state index is 13.2. The fraction of sp³-hybridized carbons (Fsp3) is 0.300. The number of anilines is 1. The van der Waals surface area contributed by atoms with Crippen molar-refractivity contribution in [3.8, 4) is 0 Å². The lowest BCUT2D eigenvalue weighted by molar-refractivity contribution is 0.619. The van der Waals surface area contributed by atoms with Gasteiger partial charge in [-0.15, -0.1) is 0 Å². The van der Waals surface area contributed by atoms with Gasteiger partial charge >= 0.3 is 0 Å². The highest BCUT2D eigenvalue weighted by molar-refractivity contribution is 5.93. The van der Waals surface area contributed by atoms with Gasteiger partial charge in [-0.05, 0) is 31.5 Å². The summed E-state index contributed by atoms with van der Waals surface area (Å²) < 4.78 is 13.2. The minimum atomic E-state index is -0.257. The second-order valence-corrected chi connectivity index (χ2v) is 3.06. The molecule has 0 aliphatic carbocycles. The van der Waals surface area contributed by atoms with E-state index in [2.05, 4.69) is 15.7 Å². The summed E-state index contributed by atoms with van der Waals surface area (Å²) in [5, 5.41) is 2.87. The Morgan fingerprint density at radius 3 is 2.80 bits per heavy atom. The van der Waals surface area contributed by atoms with E-state index in [4.69, 9.17) is 5.84 Å². The molecule has 0 bridgehead atoms. The lowest BCUT2D eigenvalue weighted by Crippen LogP contribution is -2.36. The predicted octanol–water partition coefficient (Wildman–Crippen LogP) is 1.39. The number of nitrogens with one attached hydrogen (secondary N) is 2. The van der Waals surface area contributed by atoms with E-state index in [1.54, 1.807) is 19.1 Å². The molecule has 0 aliphatic rings. The third-order valence-electron chi connectivity index (χ3n) is 1.89. The third-order valence-corrected chi connectivity index (χ3v) is 1.89. The van der Waals surface area contributed by atoms with Crippen molar-refractivity contribution in [3.05, 3.63) is 29.6 Å². The van der Waals surface area contributed by atoms with Crippen molar-refractivity contribution in [3.63, 3.8) is 0 Å². The van der Waals surface area contributed by atoms with E-state index in [1.165, 1.54) is 6.07 Å². The molecule has 5 heteroatoms. The van der Waals surface area contributed by atoms with Gasteiger partial charge in [0.05, 0.1) is 0 Å². The molecule has 1 aromatic carbocycles. The number of hydrogen-bond acceptors (Lipinski definition) is 2. The van der Waals surface area contributed by atoms with Crippen LogP contribution in [-0.4, -0.2) is 12.5 Å². The largest absolute Gasteiger partial charge is 0.325 e. The van der Waals surface area contributed by atoms with Crippen LogP contribution in [0.25, 0.3) is 0 Å². The lowest BCUT2D eigenvalue weighted by atomic mass is 10.2. The van der Waals surface area contributed by atoms with Gasteiger partial charge in [0, 0.05) is 12.2 Å². The maximum Gasteiger partial charge on any atom is 0.210 e. The van der Waals surface area contributed by atoms with Crippen LogP contribution in [0.5, 0.6) is 0 Å². The van der Waals surface area contributed by atoms with E-state index < -0.39 is 0 Å². The molecule has 0 radical (unpaired) electrons. The number of nitrogens with zero attached hydrogens (tertiary/aromatic N) is 1. The van der Waals surface area contributed by atoms with Gasteiger partial charge in [0.2, 0.25) is 5.96 Å². The van der Waals surface area contributed by atoms with Gasteiger partial charge in [0.1, 0.15) is 5.82 Å². The second kappa shape index (κ2) is 5.31. The lowest BCUT2D eigenvalue weighted by Gasteiger charge is -2.09. The van der Waals surface area contributed by atoms with Gasteiger partial charge in [0.15, 0.2) is 0 Å². The predicted molar refractivity (Wildman–Crippen MR) is 60.1 cm³/mol. The Kier molecular flexibility index (Phi) is 4.05. The zero-order valence-electron chi connectivity index (χ0n) is 8.84. The summed E-state index contributed by atoms with van der Waals surface area (Å²) in [6, 6.07) is 4.86. The average molecular weight is 210 g/mol. The number of rotatable bonds is 2. The highest BCUT2D eigenvalue weighted by Gasteiger charge is 2.01. The smallest absolute Gasteiger partial charge is 0.210 e. The van der Waals surface area contributed by atoms with Crippen LogP contribution in [-0.2, 0) is 0 Å². The van der Waals surface area contributed by atoms with Crippen LogP contribution >= 0.6 is 0 Å². The van der Waals surface area contributed by atoms with Gasteiger partial charge < -0.3 is 5.32 Å². The fourth-order valence-electron chi connectivity index (χ4n) is 1.09. The van der Waals surface area contributed by atoms with E-state index in [1.807, 2.05) is 6.92 Å². The number of guanidine groups is 1. The molecule has 15 heavy (non-hydrogen) atoms.